The van der Waals surface area contributed by atoms with Gasteiger partial charge in [0.25, 0.3) is 0 Å². The lowest BCUT2D eigenvalue weighted by Crippen LogP contribution is -2.53. The molecule has 3 rings (SSSR count). The van der Waals surface area contributed by atoms with Crippen LogP contribution in [0.15, 0.2) is 24.3 Å². The highest BCUT2D eigenvalue weighted by Crippen LogP contribution is 2.26. The highest BCUT2D eigenvalue weighted by atomic mass is 35.5. The fraction of sp³-hybridized carbons (Fsp3) is 0.533. The molecule has 126 valence electrons. The number of hydrogen-bond donors (Lipinski definition) is 3. The largest absolute Gasteiger partial charge is 0.348 e. The van der Waals surface area contributed by atoms with Crippen LogP contribution in [-0.4, -0.2) is 37.4 Å². The molecule has 0 aliphatic carbocycles. The smallest absolute Gasteiger partial charge is 0.239 e. The number of rotatable bonds is 3. The van der Waals surface area contributed by atoms with Gasteiger partial charge in [0.05, 0.1) is 17.0 Å². The maximum absolute atomic E-state index is 12.4. The van der Waals surface area contributed by atoms with Crippen LogP contribution in [0.25, 0.3) is 0 Å². The summed E-state index contributed by atoms with van der Waals surface area (Å²) in [7, 11) is -3.05. The molecule has 2 heterocycles. The van der Waals surface area contributed by atoms with Gasteiger partial charge in [-0.3, -0.25) is 4.79 Å². The lowest BCUT2D eigenvalue weighted by molar-refractivity contribution is -0.124. The van der Waals surface area contributed by atoms with E-state index in [-0.39, 0.29) is 23.5 Å². The van der Waals surface area contributed by atoms with E-state index in [0.29, 0.717) is 17.9 Å². The number of hydrazine groups is 1. The van der Waals surface area contributed by atoms with Crippen molar-refractivity contribution >= 4 is 27.3 Å². The Morgan fingerprint density at radius 1 is 1.39 bits per heavy atom. The fourth-order valence-electron chi connectivity index (χ4n) is 3.16. The molecule has 8 heteroatoms. The van der Waals surface area contributed by atoms with Gasteiger partial charge in [0.15, 0.2) is 9.84 Å². The van der Waals surface area contributed by atoms with Crippen molar-refractivity contribution in [2.45, 2.75) is 37.4 Å². The molecule has 0 aromatic heterocycles. The van der Waals surface area contributed by atoms with Gasteiger partial charge in [0.2, 0.25) is 5.91 Å². The summed E-state index contributed by atoms with van der Waals surface area (Å²) in [6, 6.07) is 7.09. The second-order valence-corrected chi connectivity index (χ2v) is 9.20. The Labute approximate surface area is 140 Å². The van der Waals surface area contributed by atoms with E-state index in [2.05, 4.69) is 16.2 Å². The van der Waals surface area contributed by atoms with Crippen LogP contribution in [-0.2, 0) is 14.6 Å². The summed E-state index contributed by atoms with van der Waals surface area (Å²) in [6.45, 7) is 1.78. The number of carbonyl (C=O) groups excluding carboxylic acids is 1. The Bertz CT molecular complexity index is 724. The zero-order valence-corrected chi connectivity index (χ0v) is 14.4. The minimum absolute atomic E-state index is 0.00358. The molecule has 0 radical (unpaired) electrons. The standard InChI is InChI=1S/C15H20ClN3O3S/c1-15(5-6-23(21,22)9-15)17-14(20)13-8-12(18-19-13)10-3-2-4-11(16)7-10/h2-4,7,12-13,18-19H,5-6,8-9H2,1H3,(H,17,20). The van der Waals surface area contributed by atoms with Crippen molar-refractivity contribution < 1.29 is 13.2 Å². The second-order valence-electron chi connectivity index (χ2n) is 6.58. The van der Waals surface area contributed by atoms with Crippen LogP contribution in [0.5, 0.6) is 0 Å². The van der Waals surface area contributed by atoms with Crippen LogP contribution in [0.1, 0.15) is 31.4 Å². The summed E-state index contributed by atoms with van der Waals surface area (Å²) in [5, 5.41) is 3.54. The summed E-state index contributed by atoms with van der Waals surface area (Å²) in [5.41, 5.74) is 6.41. The molecule has 2 aliphatic rings. The molecule has 2 fully saturated rings. The van der Waals surface area contributed by atoms with E-state index >= 15 is 0 Å². The maximum atomic E-state index is 12.4. The van der Waals surface area contributed by atoms with Gasteiger partial charge in [-0.25, -0.2) is 19.3 Å². The number of sulfone groups is 1. The monoisotopic (exact) mass is 357 g/mol. The maximum Gasteiger partial charge on any atom is 0.239 e. The van der Waals surface area contributed by atoms with Gasteiger partial charge in [-0.1, -0.05) is 23.7 Å². The number of halogens is 1. The summed E-state index contributed by atoms with van der Waals surface area (Å²) in [6.07, 6.45) is 1.04. The number of amides is 1. The van der Waals surface area contributed by atoms with Crippen molar-refractivity contribution in [2.24, 2.45) is 0 Å². The molecule has 0 spiro atoms. The quantitative estimate of drug-likeness (QED) is 0.749. The van der Waals surface area contributed by atoms with Crippen molar-refractivity contribution in [2.75, 3.05) is 11.5 Å². The first-order valence-electron chi connectivity index (χ1n) is 7.55. The molecule has 23 heavy (non-hydrogen) atoms. The van der Waals surface area contributed by atoms with E-state index in [0.717, 1.165) is 5.56 Å². The van der Waals surface area contributed by atoms with Gasteiger partial charge >= 0.3 is 0 Å². The van der Waals surface area contributed by atoms with Crippen molar-refractivity contribution in [3.63, 3.8) is 0 Å². The van der Waals surface area contributed by atoms with Gasteiger partial charge in [-0.2, -0.15) is 0 Å². The Morgan fingerprint density at radius 3 is 2.83 bits per heavy atom. The van der Waals surface area contributed by atoms with Gasteiger partial charge in [-0.05, 0) is 37.5 Å². The summed E-state index contributed by atoms with van der Waals surface area (Å²) >= 11 is 6.00. The fourth-order valence-corrected chi connectivity index (χ4v) is 5.46. The first kappa shape index (κ1) is 16.7. The molecular weight excluding hydrogens is 338 g/mol. The minimum Gasteiger partial charge on any atom is -0.348 e. The predicted molar refractivity (Wildman–Crippen MR) is 88.7 cm³/mol. The highest BCUT2D eigenvalue weighted by molar-refractivity contribution is 7.91. The van der Waals surface area contributed by atoms with E-state index in [1.165, 1.54) is 0 Å². The summed E-state index contributed by atoms with van der Waals surface area (Å²) < 4.78 is 23.3. The number of nitrogens with one attached hydrogen (secondary N) is 3. The van der Waals surface area contributed by atoms with Crippen molar-refractivity contribution in [1.82, 2.24) is 16.2 Å². The summed E-state index contributed by atoms with van der Waals surface area (Å²) in [5.74, 6) is -0.0452. The first-order valence-corrected chi connectivity index (χ1v) is 9.75. The average molecular weight is 358 g/mol. The molecule has 2 aliphatic heterocycles. The Kier molecular flexibility index (Phi) is 4.39. The van der Waals surface area contributed by atoms with Crippen molar-refractivity contribution in [1.29, 1.82) is 0 Å². The molecule has 3 N–H and O–H groups in total. The first-order chi connectivity index (χ1) is 10.8. The summed E-state index contributed by atoms with van der Waals surface area (Å²) in [4.78, 5) is 12.4. The van der Waals surface area contributed by atoms with Crippen LogP contribution in [0.2, 0.25) is 5.02 Å². The molecular formula is C15H20ClN3O3S. The van der Waals surface area contributed by atoms with Gasteiger partial charge in [-0.15, -0.1) is 0 Å². The zero-order chi connectivity index (χ0) is 16.7. The molecule has 1 aromatic carbocycles. The van der Waals surface area contributed by atoms with E-state index in [9.17, 15) is 13.2 Å². The van der Waals surface area contributed by atoms with Gasteiger partial charge < -0.3 is 5.32 Å². The minimum atomic E-state index is -3.05. The molecule has 0 saturated carbocycles. The average Bonchev–Trinajstić information content (AvgIpc) is 3.04. The van der Waals surface area contributed by atoms with Crippen molar-refractivity contribution in [3.8, 4) is 0 Å². The molecule has 2 saturated heterocycles. The van der Waals surface area contributed by atoms with E-state index in [4.69, 9.17) is 11.6 Å². The topological polar surface area (TPSA) is 87.3 Å². The van der Waals surface area contributed by atoms with E-state index < -0.39 is 21.4 Å². The predicted octanol–water partition coefficient (Wildman–Crippen LogP) is 0.941. The Morgan fingerprint density at radius 2 is 2.17 bits per heavy atom. The second kappa shape index (κ2) is 6.05. The third-order valence-electron chi connectivity index (χ3n) is 4.40. The molecule has 1 amide bonds. The van der Waals surface area contributed by atoms with Crippen molar-refractivity contribution in [3.05, 3.63) is 34.9 Å². The van der Waals surface area contributed by atoms with Crippen LogP contribution in [0, 0.1) is 0 Å². The molecule has 1 aromatic rings. The van der Waals surface area contributed by atoms with Crippen LogP contribution < -0.4 is 16.2 Å². The van der Waals surface area contributed by atoms with Crippen LogP contribution in [0.4, 0.5) is 0 Å². The van der Waals surface area contributed by atoms with Crippen LogP contribution in [0.3, 0.4) is 0 Å². The molecule has 6 nitrogen and oxygen atoms in total. The third-order valence-corrected chi connectivity index (χ3v) is 6.54. The SMILES string of the molecule is CC1(NC(=O)C2CC(c3cccc(Cl)c3)NN2)CCS(=O)(=O)C1. The van der Waals surface area contributed by atoms with Crippen LogP contribution >= 0.6 is 11.6 Å². The lowest BCUT2D eigenvalue weighted by Gasteiger charge is -2.25. The lowest BCUT2D eigenvalue weighted by atomic mass is 9.99. The number of benzene rings is 1. The number of carbonyl (C=O) groups is 1. The number of hydrogen-bond acceptors (Lipinski definition) is 5. The molecule has 3 unspecified atom stereocenters. The molecule has 3 atom stereocenters. The molecule has 0 bridgehead atoms. The van der Waals surface area contributed by atoms with Gasteiger partial charge in [0.1, 0.15) is 6.04 Å². The van der Waals surface area contributed by atoms with E-state index in [1.54, 1.807) is 13.0 Å². The Balaban J connectivity index is 1.62. The van der Waals surface area contributed by atoms with E-state index in [1.807, 2.05) is 18.2 Å². The highest BCUT2D eigenvalue weighted by Gasteiger charge is 2.41. The zero-order valence-electron chi connectivity index (χ0n) is 12.8. The normalized spacial score (nSPS) is 32.8. The van der Waals surface area contributed by atoms with Gasteiger partial charge in [0, 0.05) is 11.1 Å². The Hall–Kier alpha value is -1.15. The third kappa shape index (κ3) is 3.85.